The average Bonchev–Trinajstić information content (AvgIpc) is 2.75. The lowest BCUT2D eigenvalue weighted by Crippen LogP contribution is -2.33. The molecular formula is C12H23NO3. The highest BCUT2D eigenvalue weighted by atomic mass is 16.5. The molecule has 1 aliphatic heterocycles. The number of carbonyl (C=O) groups excluding carboxylic acids is 1. The molecule has 0 aliphatic carbocycles. The van der Waals surface area contributed by atoms with E-state index in [9.17, 15) is 4.79 Å². The first-order valence-corrected chi connectivity index (χ1v) is 6.08. The molecule has 1 fully saturated rings. The smallest absolute Gasteiger partial charge is 0.310 e. The van der Waals surface area contributed by atoms with Crippen LogP contribution < -0.4 is 0 Å². The summed E-state index contributed by atoms with van der Waals surface area (Å²) >= 11 is 0. The van der Waals surface area contributed by atoms with Gasteiger partial charge in [0.2, 0.25) is 0 Å². The topological polar surface area (TPSA) is 38.8 Å². The van der Waals surface area contributed by atoms with E-state index in [1.54, 1.807) is 0 Å². The summed E-state index contributed by atoms with van der Waals surface area (Å²) in [5.74, 6) is -0.361. The highest BCUT2D eigenvalue weighted by molar-refractivity contribution is 5.71. The first-order chi connectivity index (χ1) is 7.69. The lowest BCUT2D eigenvalue weighted by atomic mass is 10.2. The van der Waals surface area contributed by atoms with Gasteiger partial charge < -0.3 is 9.47 Å². The molecule has 1 rings (SSSR count). The van der Waals surface area contributed by atoms with Crippen molar-refractivity contribution < 1.29 is 14.3 Å². The number of esters is 1. The molecule has 0 N–H and O–H groups in total. The van der Waals surface area contributed by atoms with Crippen LogP contribution in [-0.4, -0.2) is 50.3 Å². The summed E-state index contributed by atoms with van der Waals surface area (Å²) in [5, 5.41) is 0. The molecule has 0 saturated carbocycles. The van der Waals surface area contributed by atoms with Crippen LogP contribution in [0.15, 0.2) is 0 Å². The Kier molecular flexibility index (Phi) is 5.77. The molecule has 16 heavy (non-hydrogen) atoms. The van der Waals surface area contributed by atoms with E-state index in [2.05, 4.69) is 16.6 Å². The van der Waals surface area contributed by atoms with E-state index in [-0.39, 0.29) is 11.9 Å². The zero-order valence-corrected chi connectivity index (χ0v) is 10.6. The van der Waals surface area contributed by atoms with Crippen molar-refractivity contribution in [3.05, 3.63) is 0 Å². The minimum absolute atomic E-state index is 0.165. The van der Waals surface area contributed by atoms with E-state index in [0.717, 1.165) is 13.2 Å². The Morgan fingerprint density at radius 2 is 2.31 bits per heavy atom. The van der Waals surface area contributed by atoms with Crippen molar-refractivity contribution >= 4 is 5.97 Å². The maximum Gasteiger partial charge on any atom is 0.310 e. The molecular weight excluding hydrogens is 206 g/mol. The van der Waals surface area contributed by atoms with Gasteiger partial charge in [-0.15, -0.1) is 0 Å². The van der Waals surface area contributed by atoms with E-state index in [1.165, 1.54) is 26.5 Å². The highest BCUT2D eigenvalue weighted by Gasteiger charge is 2.23. The lowest BCUT2D eigenvalue weighted by Gasteiger charge is -2.22. The molecule has 0 aromatic heterocycles. The van der Waals surface area contributed by atoms with Crippen LogP contribution in [0.4, 0.5) is 0 Å². The largest absolute Gasteiger partial charge is 0.469 e. The molecule has 1 saturated heterocycles. The van der Waals surface area contributed by atoms with Gasteiger partial charge in [-0.05, 0) is 32.9 Å². The summed E-state index contributed by atoms with van der Waals surface area (Å²) in [4.78, 5) is 13.6. The van der Waals surface area contributed by atoms with Crippen LogP contribution >= 0.6 is 0 Å². The molecule has 0 radical (unpaired) electrons. The van der Waals surface area contributed by atoms with Crippen LogP contribution in [0, 0.1) is 5.92 Å². The fraction of sp³-hybridized carbons (Fsp3) is 0.917. The maximum absolute atomic E-state index is 11.1. The molecule has 0 aromatic carbocycles. The third kappa shape index (κ3) is 3.76. The summed E-state index contributed by atoms with van der Waals surface area (Å²) in [6, 6.07) is 0.537. The molecule has 2 atom stereocenters. The molecule has 1 heterocycles. The lowest BCUT2D eigenvalue weighted by molar-refractivity contribution is -0.147. The number of carbonyl (C=O) groups is 1. The number of rotatable bonds is 6. The Bertz CT molecular complexity index is 220. The van der Waals surface area contributed by atoms with Crippen molar-refractivity contribution in [2.75, 3.05) is 33.4 Å². The van der Waals surface area contributed by atoms with Gasteiger partial charge in [0, 0.05) is 6.04 Å². The predicted octanol–water partition coefficient (Wildman–Crippen LogP) is 1.30. The Labute approximate surface area is 97.9 Å². The van der Waals surface area contributed by atoms with Crippen LogP contribution in [0.3, 0.4) is 0 Å². The van der Waals surface area contributed by atoms with Gasteiger partial charge in [-0.1, -0.05) is 6.92 Å². The number of hydrogen-bond donors (Lipinski definition) is 0. The first kappa shape index (κ1) is 13.5. The summed E-state index contributed by atoms with van der Waals surface area (Å²) < 4.78 is 10.2. The van der Waals surface area contributed by atoms with Crippen molar-refractivity contribution in [2.45, 2.75) is 32.7 Å². The average molecular weight is 229 g/mol. The fourth-order valence-electron chi connectivity index (χ4n) is 2.15. The van der Waals surface area contributed by atoms with E-state index >= 15 is 0 Å². The number of likely N-dealkylation sites (N-methyl/N-ethyl adjacent to an activating group) is 1. The monoisotopic (exact) mass is 229 g/mol. The third-order valence-electron chi connectivity index (χ3n) is 3.19. The number of likely N-dealkylation sites (tertiary alicyclic amines) is 1. The molecule has 1 aliphatic rings. The minimum atomic E-state index is -0.196. The molecule has 0 aromatic rings. The Morgan fingerprint density at radius 1 is 1.56 bits per heavy atom. The van der Waals surface area contributed by atoms with Gasteiger partial charge in [0.25, 0.3) is 0 Å². The van der Waals surface area contributed by atoms with Gasteiger partial charge in [0.15, 0.2) is 0 Å². The second-order valence-corrected chi connectivity index (χ2v) is 4.39. The fourth-order valence-corrected chi connectivity index (χ4v) is 2.15. The molecule has 0 spiro atoms. The molecule has 4 nitrogen and oxygen atoms in total. The van der Waals surface area contributed by atoms with Crippen LogP contribution in [0.5, 0.6) is 0 Å². The quantitative estimate of drug-likeness (QED) is 0.643. The zero-order valence-electron chi connectivity index (χ0n) is 10.6. The SMILES string of the molecule is CCN1CCC[C@H]1COCC(C)C(=O)OC. The predicted molar refractivity (Wildman–Crippen MR) is 62.3 cm³/mol. The van der Waals surface area contributed by atoms with Gasteiger partial charge in [-0.2, -0.15) is 0 Å². The van der Waals surface area contributed by atoms with Crippen LogP contribution in [0.2, 0.25) is 0 Å². The van der Waals surface area contributed by atoms with Gasteiger partial charge >= 0.3 is 5.97 Å². The number of ether oxygens (including phenoxy) is 2. The van der Waals surface area contributed by atoms with Gasteiger partial charge in [0.1, 0.15) is 0 Å². The van der Waals surface area contributed by atoms with E-state index in [0.29, 0.717) is 12.6 Å². The second-order valence-electron chi connectivity index (χ2n) is 4.39. The van der Waals surface area contributed by atoms with Crippen LogP contribution in [0.1, 0.15) is 26.7 Å². The van der Waals surface area contributed by atoms with Crippen molar-refractivity contribution in [1.29, 1.82) is 0 Å². The number of methoxy groups -OCH3 is 1. The number of hydrogen-bond acceptors (Lipinski definition) is 4. The van der Waals surface area contributed by atoms with Crippen molar-refractivity contribution in [3.8, 4) is 0 Å². The summed E-state index contributed by atoms with van der Waals surface area (Å²) in [6.45, 7) is 7.46. The highest BCUT2D eigenvalue weighted by Crippen LogP contribution is 2.16. The zero-order chi connectivity index (χ0) is 12.0. The maximum atomic E-state index is 11.1. The van der Waals surface area contributed by atoms with Gasteiger partial charge in [-0.3, -0.25) is 9.69 Å². The Hall–Kier alpha value is -0.610. The molecule has 0 bridgehead atoms. The van der Waals surface area contributed by atoms with Crippen molar-refractivity contribution in [2.24, 2.45) is 5.92 Å². The summed E-state index contributed by atoms with van der Waals surface area (Å²) in [6.07, 6.45) is 2.47. The third-order valence-corrected chi connectivity index (χ3v) is 3.19. The van der Waals surface area contributed by atoms with Crippen molar-refractivity contribution in [3.63, 3.8) is 0 Å². The van der Waals surface area contributed by atoms with Gasteiger partial charge in [-0.25, -0.2) is 0 Å². The summed E-state index contributed by atoms with van der Waals surface area (Å²) in [5.41, 5.74) is 0. The van der Waals surface area contributed by atoms with Crippen LogP contribution in [0.25, 0.3) is 0 Å². The molecule has 4 heteroatoms. The molecule has 1 unspecified atom stereocenters. The summed E-state index contributed by atoms with van der Waals surface area (Å²) in [7, 11) is 1.41. The Morgan fingerprint density at radius 3 is 2.94 bits per heavy atom. The number of nitrogens with zero attached hydrogens (tertiary/aromatic N) is 1. The van der Waals surface area contributed by atoms with Crippen LogP contribution in [-0.2, 0) is 14.3 Å². The second kappa shape index (κ2) is 6.86. The standard InChI is InChI=1S/C12H23NO3/c1-4-13-7-5-6-11(13)9-16-8-10(2)12(14)15-3/h10-11H,4-9H2,1-3H3/t10?,11-/m0/s1. The normalized spacial score (nSPS) is 23.3. The first-order valence-electron chi connectivity index (χ1n) is 6.08. The van der Waals surface area contributed by atoms with E-state index in [1.807, 2.05) is 6.92 Å². The molecule has 0 amide bonds. The molecule has 94 valence electrons. The minimum Gasteiger partial charge on any atom is -0.469 e. The van der Waals surface area contributed by atoms with E-state index in [4.69, 9.17) is 4.74 Å². The van der Waals surface area contributed by atoms with E-state index < -0.39 is 0 Å². The van der Waals surface area contributed by atoms with Crippen molar-refractivity contribution in [1.82, 2.24) is 4.90 Å². The Balaban J connectivity index is 2.17. The van der Waals surface area contributed by atoms with Gasteiger partial charge in [0.05, 0.1) is 26.2 Å².